The maximum atomic E-state index is 12.3. The number of carbonyl (C=O) groups is 1. The number of halogens is 1. The zero-order valence-corrected chi connectivity index (χ0v) is 17.7. The van der Waals surface area contributed by atoms with Gasteiger partial charge in [0.1, 0.15) is 31.3 Å². The smallest absolute Gasteiger partial charge is 0.312 e. The summed E-state index contributed by atoms with van der Waals surface area (Å²) in [5.41, 5.74) is 0.884. The first kappa shape index (κ1) is 21.4. The lowest BCUT2D eigenvalue weighted by atomic mass is 9.97. The van der Waals surface area contributed by atoms with Gasteiger partial charge >= 0.3 is 5.97 Å². The summed E-state index contributed by atoms with van der Waals surface area (Å²) in [6.45, 7) is 0.493. The van der Waals surface area contributed by atoms with Crippen molar-refractivity contribution in [3.63, 3.8) is 0 Å². The van der Waals surface area contributed by atoms with Crippen molar-refractivity contribution in [1.82, 2.24) is 4.31 Å². The van der Waals surface area contributed by atoms with Gasteiger partial charge in [-0.3, -0.25) is 4.79 Å². The van der Waals surface area contributed by atoms with Crippen molar-refractivity contribution < 1.29 is 27.4 Å². The van der Waals surface area contributed by atoms with E-state index in [-0.39, 0.29) is 30.7 Å². The molecule has 9 heteroatoms. The summed E-state index contributed by atoms with van der Waals surface area (Å²) in [4.78, 5) is 12.4. The van der Waals surface area contributed by atoms with Crippen molar-refractivity contribution in [2.45, 2.75) is 11.3 Å². The van der Waals surface area contributed by atoms with Crippen LogP contribution in [0.5, 0.6) is 11.5 Å². The minimum absolute atomic E-state index is 0.0789. The average molecular weight is 440 g/mol. The summed E-state index contributed by atoms with van der Waals surface area (Å²) >= 11 is 5.99. The molecule has 1 atom stereocenters. The molecule has 0 bridgehead atoms. The zero-order chi connectivity index (χ0) is 21.0. The number of benzene rings is 2. The Kier molecular flexibility index (Phi) is 6.66. The van der Waals surface area contributed by atoms with Gasteiger partial charge in [-0.15, -0.1) is 0 Å². The van der Waals surface area contributed by atoms with Crippen LogP contribution < -0.4 is 9.47 Å². The molecule has 1 aliphatic heterocycles. The fraction of sp³-hybridized carbons (Fsp3) is 0.350. The standard InChI is InChI=1S/C20H22ClNO6S/c1-22(2)29(24,25)18-6-4-17(5-7-18)26-9-10-27-20(23)15-11-14-12-16(21)3-8-19(14)28-13-15/h3-8,12,15H,9-11,13H2,1-2H3. The largest absolute Gasteiger partial charge is 0.492 e. The average Bonchev–Trinajstić information content (AvgIpc) is 2.70. The van der Waals surface area contributed by atoms with Gasteiger partial charge in [0.15, 0.2) is 0 Å². The molecule has 2 aromatic rings. The Hall–Kier alpha value is -2.29. The molecule has 0 saturated heterocycles. The molecule has 0 radical (unpaired) electrons. The lowest BCUT2D eigenvalue weighted by Gasteiger charge is -2.24. The Labute approximate surface area is 175 Å². The molecule has 1 aliphatic rings. The maximum Gasteiger partial charge on any atom is 0.312 e. The van der Waals surface area contributed by atoms with Gasteiger partial charge in [0.2, 0.25) is 10.0 Å². The molecule has 0 amide bonds. The summed E-state index contributed by atoms with van der Waals surface area (Å²) < 4.78 is 41.6. The Morgan fingerprint density at radius 1 is 1.17 bits per heavy atom. The second-order valence-corrected chi connectivity index (χ2v) is 9.33. The molecule has 2 aromatic carbocycles. The number of nitrogens with zero attached hydrogens (tertiary/aromatic N) is 1. The third-order valence-corrected chi connectivity index (χ3v) is 6.53. The lowest BCUT2D eigenvalue weighted by Crippen LogP contribution is -2.30. The second-order valence-electron chi connectivity index (χ2n) is 6.74. The molecule has 3 rings (SSSR count). The fourth-order valence-corrected chi connectivity index (χ4v) is 3.95. The van der Waals surface area contributed by atoms with Crippen molar-refractivity contribution in [1.29, 1.82) is 0 Å². The van der Waals surface area contributed by atoms with Crippen LogP contribution in [-0.2, 0) is 26.0 Å². The number of hydrogen-bond donors (Lipinski definition) is 0. The number of ether oxygens (including phenoxy) is 3. The highest BCUT2D eigenvalue weighted by molar-refractivity contribution is 7.89. The topological polar surface area (TPSA) is 82.1 Å². The van der Waals surface area contributed by atoms with Crippen LogP contribution in [0.2, 0.25) is 5.02 Å². The van der Waals surface area contributed by atoms with E-state index in [0.29, 0.717) is 17.2 Å². The predicted molar refractivity (Wildman–Crippen MR) is 108 cm³/mol. The summed E-state index contributed by atoms with van der Waals surface area (Å²) in [6.07, 6.45) is 0.511. The molecule has 0 N–H and O–H groups in total. The molecule has 0 aliphatic carbocycles. The van der Waals surface area contributed by atoms with Gasteiger partial charge in [0.05, 0.1) is 10.8 Å². The molecule has 1 heterocycles. The van der Waals surface area contributed by atoms with E-state index in [0.717, 1.165) is 15.6 Å². The number of rotatable bonds is 7. The maximum absolute atomic E-state index is 12.3. The Bertz CT molecular complexity index is 975. The van der Waals surface area contributed by atoms with Crippen LogP contribution in [0.1, 0.15) is 5.56 Å². The molecular formula is C20H22ClNO6S. The van der Waals surface area contributed by atoms with E-state index in [9.17, 15) is 13.2 Å². The zero-order valence-electron chi connectivity index (χ0n) is 16.1. The molecular weight excluding hydrogens is 418 g/mol. The van der Waals surface area contributed by atoms with Crippen LogP contribution in [0, 0.1) is 5.92 Å². The predicted octanol–water partition coefficient (Wildman–Crippen LogP) is 2.76. The van der Waals surface area contributed by atoms with Gasteiger partial charge in [0, 0.05) is 19.1 Å². The van der Waals surface area contributed by atoms with E-state index in [1.807, 2.05) is 0 Å². The van der Waals surface area contributed by atoms with E-state index in [1.165, 1.54) is 26.2 Å². The van der Waals surface area contributed by atoms with E-state index in [2.05, 4.69) is 0 Å². The minimum Gasteiger partial charge on any atom is -0.492 e. The highest BCUT2D eigenvalue weighted by Gasteiger charge is 2.27. The van der Waals surface area contributed by atoms with E-state index in [1.54, 1.807) is 30.3 Å². The summed E-state index contributed by atoms with van der Waals surface area (Å²) in [6, 6.07) is 11.4. The van der Waals surface area contributed by atoms with E-state index < -0.39 is 15.9 Å². The molecule has 7 nitrogen and oxygen atoms in total. The van der Waals surface area contributed by atoms with Crippen LogP contribution in [0.3, 0.4) is 0 Å². The van der Waals surface area contributed by atoms with Crippen molar-refractivity contribution in [2.75, 3.05) is 33.9 Å². The lowest BCUT2D eigenvalue weighted by molar-refractivity contribution is -0.150. The Balaban J connectivity index is 1.45. The van der Waals surface area contributed by atoms with Crippen LogP contribution in [0.4, 0.5) is 0 Å². The summed E-state index contributed by atoms with van der Waals surface area (Å²) in [5, 5.41) is 0.596. The molecule has 0 spiro atoms. The SMILES string of the molecule is CN(C)S(=O)(=O)c1ccc(OCCOC(=O)C2COc3ccc(Cl)cc3C2)cc1. The number of fused-ring (bicyclic) bond motifs is 1. The van der Waals surface area contributed by atoms with E-state index >= 15 is 0 Å². The highest BCUT2D eigenvalue weighted by atomic mass is 35.5. The molecule has 1 unspecified atom stereocenters. The van der Waals surface area contributed by atoms with Crippen molar-refractivity contribution in [2.24, 2.45) is 5.92 Å². The normalized spacial score (nSPS) is 16.1. The number of sulfonamides is 1. The van der Waals surface area contributed by atoms with Crippen LogP contribution >= 0.6 is 11.6 Å². The molecule has 0 aromatic heterocycles. The van der Waals surface area contributed by atoms with Gasteiger partial charge in [-0.1, -0.05) is 11.6 Å². The quantitative estimate of drug-likeness (QED) is 0.487. The van der Waals surface area contributed by atoms with Crippen molar-refractivity contribution >= 4 is 27.6 Å². The number of esters is 1. The van der Waals surface area contributed by atoms with Crippen molar-refractivity contribution in [3.8, 4) is 11.5 Å². The first-order valence-corrected chi connectivity index (χ1v) is 10.8. The molecule has 156 valence electrons. The first-order valence-electron chi connectivity index (χ1n) is 9.00. The van der Waals surface area contributed by atoms with Crippen LogP contribution in [0.15, 0.2) is 47.4 Å². The van der Waals surface area contributed by atoms with Crippen molar-refractivity contribution in [3.05, 3.63) is 53.1 Å². The van der Waals surface area contributed by atoms with Gasteiger partial charge in [-0.25, -0.2) is 12.7 Å². The first-order chi connectivity index (χ1) is 13.8. The van der Waals surface area contributed by atoms with Gasteiger partial charge in [-0.2, -0.15) is 0 Å². The molecule has 29 heavy (non-hydrogen) atoms. The van der Waals surface area contributed by atoms with E-state index in [4.69, 9.17) is 25.8 Å². The summed E-state index contributed by atoms with van der Waals surface area (Å²) in [7, 11) is -0.536. The fourth-order valence-electron chi connectivity index (χ4n) is 2.85. The Morgan fingerprint density at radius 3 is 2.59 bits per heavy atom. The second kappa shape index (κ2) is 9.02. The summed E-state index contributed by atoms with van der Waals surface area (Å²) in [5.74, 6) is 0.480. The monoisotopic (exact) mass is 439 g/mol. The highest BCUT2D eigenvalue weighted by Crippen LogP contribution is 2.30. The third-order valence-electron chi connectivity index (χ3n) is 4.46. The third kappa shape index (κ3) is 5.20. The van der Waals surface area contributed by atoms with Crippen LogP contribution in [0.25, 0.3) is 0 Å². The number of carbonyl (C=O) groups excluding carboxylic acids is 1. The van der Waals surface area contributed by atoms with Gasteiger partial charge in [0.25, 0.3) is 0 Å². The number of hydrogen-bond acceptors (Lipinski definition) is 6. The van der Waals surface area contributed by atoms with Crippen LogP contribution in [-0.4, -0.2) is 52.6 Å². The Morgan fingerprint density at radius 2 is 1.90 bits per heavy atom. The molecule has 0 fully saturated rings. The van der Waals surface area contributed by atoms with Gasteiger partial charge in [-0.05, 0) is 54.4 Å². The van der Waals surface area contributed by atoms with Gasteiger partial charge < -0.3 is 14.2 Å². The minimum atomic E-state index is -3.48. The molecule has 0 saturated carbocycles.